The number of carbonyl (C=O) groups excluding carboxylic acids is 2. The number of aromatic nitrogens is 1. The second kappa shape index (κ2) is 7.00. The smallest absolute Gasteiger partial charge is 0.307 e. The van der Waals surface area contributed by atoms with Gasteiger partial charge < -0.3 is 9.64 Å². The molecule has 1 saturated heterocycles. The number of hydrogen-bond donors (Lipinski definition) is 0. The number of pyridine rings is 1. The molecular formula is C17H18N2O3S. The van der Waals surface area contributed by atoms with Crippen molar-refractivity contribution in [2.45, 2.75) is 18.7 Å². The molecule has 1 aliphatic rings. The first kappa shape index (κ1) is 15.8. The van der Waals surface area contributed by atoms with Gasteiger partial charge in [-0.25, -0.2) is 0 Å². The SMILES string of the molecule is CCOC(=O)CCN1C(=O)CSC1c1ccnc2ccccc12. The number of nitrogens with zero attached hydrogens (tertiary/aromatic N) is 2. The molecule has 120 valence electrons. The predicted molar refractivity (Wildman–Crippen MR) is 89.9 cm³/mol. The molecule has 5 nitrogen and oxygen atoms in total. The van der Waals surface area contributed by atoms with E-state index in [0.717, 1.165) is 16.5 Å². The Labute approximate surface area is 139 Å². The highest BCUT2D eigenvalue weighted by Crippen LogP contribution is 2.40. The van der Waals surface area contributed by atoms with Crippen LogP contribution in [0.4, 0.5) is 0 Å². The molecule has 1 aromatic heterocycles. The second-order valence-electron chi connectivity index (χ2n) is 5.22. The van der Waals surface area contributed by atoms with E-state index >= 15 is 0 Å². The van der Waals surface area contributed by atoms with Crippen LogP contribution in [-0.2, 0) is 14.3 Å². The molecule has 1 aliphatic heterocycles. The molecule has 1 unspecified atom stereocenters. The van der Waals surface area contributed by atoms with Gasteiger partial charge in [-0.2, -0.15) is 0 Å². The Morgan fingerprint density at radius 2 is 2.22 bits per heavy atom. The van der Waals surface area contributed by atoms with Gasteiger partial charge in [0.15, 0.2) is 0 Å². The summed E-state index contributed by atoms with van der Waals surface area (Å²) in [5.74, 6) is 0.227. The first-order valence-corrected chi connectivity index (χ1v) is 8.66. The fourth-order valence-corrected chi connectivity index (χ4v) is 3.99. The molecule has 0 saturated carbocycles. The molecule has 0 N–H and O–H groups in total. The largest absolute Gasteiger partial charge is 0.466 e. The molecule has 2 heterocycles. The molecule has 1 atom stereocenters. The van der Waals surface area contributed by atoms with Gasteiger partial charge in [-0.3, -0.25) is 14.6 Å². The van der Waals surface area contributed by atoms with E-state index < -0.39 is 0 Å². The third-order valence-electron chi connectivity index (χ3n) is 3.78. The maximum atomic E-state index is 12.2. The Hall–Kier alpha value is -2.08. The zero-order valence-corrected chi connectivity index (χ0v) is 13.7. The maximum Gasteiger partial charge on any atom is 0.307 e. The summed E-state index contributed by atoms with van der Waals surface area (Å²) in [7, 11) is 0. The minimum Gasteiger partial charge on any atom is -0.466 e. The minimum atomic E-state index is -0.268. The Morgan fingerprint density at radius 1 is 1.39 bits per heavy atom. The first-order valence-electron chi connectivity index (χ1n) is 7.61. The number of para-hydroxylation sites is 1. The highest BCUT2D eigenvalue weighted by molar-refractivity contribution is 8.00. The Kier molecular flexibility index (Phi) is 4.81. The number of esters is 1. The number of ether oxygens (including phenoxy) is 1. The highest BCUT2D eigenvalue weighted by Gasteiger charge is 2.33. The van der Waals surface area contributed by atoms with Gasteiger partial charge in [0, 0.05) is 18.1 Å². The molecule has 6 heteroatoms. The van der Waals surface area contributed by atoms with Gasteiger partial charge in [-0.1, -0.05) is 18.2 Å². The van der Waals surface area contributed by atoms with E-state index in [1.807, 2.05) is 30.3 Å². The lowest BCUT2D eigenvalue weighted by molar-refractivity contribution is -0.143. The molecule has 1 amide bonds. The number of thioether (sulfide) groups is 1. The van der Waals surface area contributed by atoms with E-state index in [4.69, 9.17) is 4.74 Å². The summed E-state index contributed by atoms with van der Waals surface area (Å²) in [4.78, 5) is 29.9. The van der Waals surface area contributed by atoms with Crippen molar-refractivity contribution in [3.8, 4) is 0 Å². The summed E-state index contributed by atoms with van der Waals surface area (Å²) >= 11 is 1.59. The first-order chi connectivity index (χ1) is 11.2. The summed E-state index contributed by atoms with van der Waals surface area (Å²) in [6, 6.07) is 9.85. The maximum absolute atomic E-state index is 12.2. The van der Waals surface area contributed by atoms with E-state index in [2.05, 4.69) is 4.98 Å². The molecule has 0 bridgehead atoms. The van der Waals surface area contributed by atoms with Crippen LogP contribution in [0.25, 0.3) is 10.9 Å². The summed E-state index contributed by atoms with van der Waals surface area (Å²) in [5, 5.41) is 0.966. The molecule has 3 rings (SSSR count). The number of rotatable bonds is 5. The minimum absolute atomic E-state index is 0.0604. The van der Waals surface area contributed by atoms with Gasteiger partial charge in [0.2, 0.25) is 5.91 Å². The van der Waals surface area contributed by atoms with Crippen LogP contribution in [0.2, 0.25) is 0 Å². The van der Waals surface area contributed by atoms with E-state index in [9.17, 15) is 9.59 Å². The van der Waals surface area contributed by atoms with Crippen LogP contribution < -0.4 is 0 Å². The second-order valence-corrected chi connectivity index (χ2v) is 6.29. The summed E-state index contributed by atoms with van der Waals surface area (Å²) in [6.07, 6.45) is 1.99. The quantitative estimate of drug-likeness (QED) is 0.789. The fraction of sp³-hybridized carbons (Fsp3) is 0.353. The average Bonchev–Trinajstić information content (AvgIpc) is 2.93. The van der Waals surface area contributed by atoms with Crippen molar-refractivity contribution in [2.75, 3.05) is 18.9 Å². The van der Waals surface area contributed by atoms with Crippen molar-refractivity contribution in [1.82, 2.24) is 9.88 Å². The Balaban J connectivity index is 1.85. The Bertz CT molecular complexity index is 729. The number of amides is 1. The topological polar surface area (TPSA) is 59.5 Å². The van der Waals surface area contributed by atoms with Gasteiger partial charge in [0.05, 0.1) is 24.3 Å². The number of hydrogen-bond acceptors (Lipinski definition) is 5. The molecule has 23 heavy (non-hydrogen) atoms. The Morgan fingerprint density at radius 3 is 3.04 bits per heavy atom. The van der Waals surface area contributed by atoms with Crippen LogP contribution in [0.5, 0.6) is 0 Å². The molecule has 0 spiro atoms. The van der Waals surface area contributed by atoms with Gasteiger partial charge in [-0.15, -0.1) is 11.8 Å². The molecular weight excluding hydrogens is 312 g/mol. The lowest BCUT2D eigenvalue weighted by Gasteiger charge is -2.24. The van der Waals surface area contributed by atoms with Crippen molar-refractivity contribution in [1.29, 1.82) is 0 Å². The normalized spacial score (nSPS) is 17.7. The summed E-state index contributed by atoms with van der Waals surface area (Å²) in [6.45, 7) is 2.52. The predicted octanol–water partition coefficient (Wildman–Crippen LogP) is 2.76. The van der Waals surface area contributed by atoms with Gasteiger partial charge >= 0.3 is 5.97 Å². The van der Waals surface area contributed by atoms with Crippen LogP contribution in [0.1, 0.15) is 24.3 Å². The molecule has 1 fully saturated rings. The number of fused-ring (bicyclic) bond motifs is 1. The summed E-state index contributed by atoms with van der Waals surface area (Å²) < 4.78 is 4.95. The van der Waals surface area contributed by atoms with E-state index in [0.29, 0.717) is 18.9 Å². The molecule has 1 aromatic carbocycles. The van der Waals surface area contributed by atoms with Crippen LogP contribution in [0.3, 0.4) is 0 Å². The molecule has 0 aliphatic carbocycles. The van der Waals surface area contributed by atoms with E-state index in [1.165, 1.54) is 0 Å². The van der Waals surface area contributed by atoms with Gasteiger partial charge in [0.25, 0.3) is 0 Å². The summed E-state index contributed by atoms with van der Waals surface area (Å²) in [5.41, 5.74) is 1.98. The van der Waals surface area contributed by atoms with Gasteiger partial charge in [0.1, 0.15) is 5.37 Å². The molecule has 0 radical (unpaired) electrons. The lowest BCUT2D eigenvalue weighted by Crippen LogP contribution is -2.31. The third kappa shape index (κ3) is 3.32. The zero-order chi connectivity index (χ0) is 16.2. The zero-order valence-electron chi connectivity index (χ0n) is 12.9. The highest BCUT2D eigenvalue weighted by atomic mass is 32.2. The van der Waals surface area contributed by atoms with Crippen LogP contribution >= 0.6 is 11.8 Å². The van der Waals surface area contributed by atoms with Crippen molar-refractivity contribution >= 4 is 34.5 Å². The fourth-order valence-electron chi connectivity index (χ4n) is 2.73. The third-order valence-corrected chi connectivity index (χ3v) is 5.02. The standard InChI is InChI=1S/C17H18N2O3S/c1-2-22-16(21)8-10-19-15(20)11-23-17(19)13-7-9-18-14-6-4-3-5-12(13)14/h3-7,9,17H,2,8,10-11H2,1H3. The monoisotopic (exact) mass is 330 g/mol. The van der Waals surface area contributed by atoms with E-state index in [-0.39, 0.29) is 23.7 Å². The number of benzene rings is 1. The van der Waals surface area contributed by atoms with Crippen molar-refractivity contribution < 1.29 is 14.3 Å². The van der Waals surface area contributed by atoms with Crippen molar-refractivity contribution in [3.05, 3.63) is 42.1 Å². The average molecular weight is 330 g/mol. The molecule has 2 aromatic rings. The van der Waals surface area contributed by atoms with Crippen molar-refractivity contribution in [2.24, 2.45) is 0 Å². The van der Waals surface area contributed by atoms with E-state index in [1.54, 1.807) is 29.8 Å². The van der Waals surface area contributed by atoms with Crippen molar-refractivity contribution in [3.63, 3.8) is 0 Å². The van der Waals surface area contributed by atoms with Crippen LogP contribution in [-0.4, -0.2) is 40.7 Å². The van der Waals surface area contributed by atoms with Crippen LogP contribution in [0.15, 0.2) is 36.5 Å². The van der Waals surface area contributed by atoms with Crippen LogP contribution in [0, 0.1) is 0 Å². The lowest BCUT2D eigenvalue weighted by atomic mass is 10.1. The van der Waals surface area contributed by atoms with Gasteiger partial charge in [-0.05, 0) is 24.6 Å². The number of carbonyl (C=O) groups is 2.